The number of phenolic OH excluding ortho intramolecular Hbond substituents is 1. The number of amides is 1. The maximum Gasteiger partial charge on any atom is 0.255 e. The summed E-state index contributed by atoms with van der Waals surface area (Å²) in [5.41, 5.74) is 2.12. The minimum absolute atomic E-state index is 0.0864. The van der Waals surface area contributed by atoms with Crippen LogP contribution in [0.5, 0.6) is 5.75 Å². The van der Waals surface area contributed by atoms with Crippen LogP contribution in [0.4, 0.5) is 0 Å². The zero-order chi connectivity index (χ0) is 16.3. The number of aromatic hydroxyl groups is 1. The van der Waals surface area contributed by atoms with E-state index in [9.17, 15) is 9.90 Å². The Hall–Kier alpha value is -1.59. The monoisotopic (exact) mass is 306 g/mol. The largest absolute Gasteiger partial charge is 0.507 e. The second-order valence-electron chi connectivity index (χ2n) is 6.13. The lowest BCUT2D eigenvalue weighted by Gasteiger charge is -2.35. The molecule has 1 amide bonds. The number of rotatable bonds is 4. The first-order chi connectivity index (χ1) is 10.4. The van der Waals surface area contributed by atoms with Crippen LogP contribution in [0.2, 0.25) is 0 Å². The molecule has 5 nitrogen and oxygen atoms in total. The number of carbonyl (C=O) groups excluding carboxylic acids is 1. The standard InChI is InChI=1S/C17H26N2O3/c1-5-18-17(21)15-7-11(2)6-14(16(15)20)10-19-8-12(3)22-13(4)9-19/h6-7,12-13,20H,5,8-10H2,1-4H3,(H,18,21). The van der Waals surface area contributed by atoms with Crippen LogP contribution in [-0.2, 0) is 11.3 Å². The number of ether oxygens (including phenoxy) is 1. The number of carbonyl (C=O) groups is 1. The van der Waals surface area contributed by atoms with Crippen LogP contribution >= 0.6 is 0 Å². The van der Waals surface area contributed by atoms with Crippen molar-refractivity contribution in [2.45, 2.75) is 46.4 Å². The van der Waals surface area contributed by atoms with Gasteiger partial charge in [0.15, 0.2) is 0 Å². The highest BCUT2D eigenvalue weighted by molar-refractivity contribution is 5.97. The Morgan fingerprint density at radius 1 is 1.36 bits per heavy atom. The van der Waals surface area contributed by atoms with Crippen molar-refractivity contribution in [2.75, 3.05) is 19.6 Å². The van der Waals surface area contributed by atoms with Crippen molar-refractivity contribution in [2.24, 2.45) is 0 Å². The predicted octanol–water partition coefficient (Wildman–Crippen LogP) is 2.06. The van der Waals surface area contributed by atoms with E-state index in [4.69, 9.17) is 4.74 Å². The van der Waals surface area contributed by atoms with Gasteiger partial charge in [-0.25, -0.2) is 0 Å². The minimum atomic E-state index is -0.228. The Morgan fingerprint density at radius 2 is 2.00 bits per heavy atom. The molecule has 122 valence electrons. The van der Waals surface area contributed by atoms with Crippen molar-refractivity contribution in [1.82, 2.24) is 10.2 Å². The molecule has 1 heterocycles. The fourth-order valence-electron chi connectivity index (χ4n) is 3.06. The normalized spacial score (nSPS) is 22.5. The van der Waals surface area contributed by atoms with Crippen molar-refractivity contribution in [1.29, 1.82) is 0 Å². The summed E-state index contributed by atoms with van der Waals surface area (Å²) >= 11 is 0. The summed E-state index contributed by atoms with van der Waals surface area (Å²) in [6, 6.07) is 3.68. The number of hydrogen-bond donors (Lipinski definition) is 2. The topological polar surface area (TPSA) is 61.8 Å². The van der Waals surface area contributed by atoms with Gasteiger partial charge in [0.2, 0.25) is 0 Å². The highest BCUT2D eigenvalue weighted by atomic mass is 16.5. The summed E-state index contributed by atoms with van der Waals surface area (Å²) in [7, 11) is 0. The Bertz CT molecular complexity index is 535. The zero-order valence-corrected chi connectivity index (χ0v) is 13.8. The van der Waals surface area contributed by atoms with Crippen molar-refractivity contribution in [3.05, 3.63) is 28.8 Å². The van der Waals surface area contributed by atoms with Crippen LogP contribution in [0.15, 0.2) is 12.1 Å². The van der Waals surface area contributed by atoms with Gasteiger partial charge < -0.3 is 15.2 Å². The lowest BCUT2D eigenvalue weighted by molar-refractivity contribution is -0.0706. The Morgan fingerprint density at radius 3 is 2.59 bits per heavy atom. The second kappa shape index (κ2) is 7.11. The average molecular weight is 306 g/mol. The molecule has 22 heavy (non-hydrogen) atoms. The average Bonchev–Trinajstić information content (AvgIpc) is 2.41. The Balaban J connectivity index is 2.22. The molecule has 1 saturated heterocycles. The fourth-order valence-corrected chi connectivity index (χ4v) is 3.06. The number of morpholine rings is 1. The van der Waals surface area contributed by atoms with Crippen LogP contribution < -0.4 is 5.32 Å². The lowest BCUT2D eigenvalue weighted by Crippen LogP contribution is -2.44. The molecule has 2 atom stereocenters. The van der Waals surface area contributed by atoms with E-state index in [1.165, 1.54) is 0 Å². The van der Waals surface area contributed by atoms with E-state index in [-0.39, 0.29) is 23.9 Å². The van der Waals surface area contributed by atoms with E-state index in [0.717, 1.165) is 24.2 Å². The third-order valence-corrected chi connectivity index (χ3v) is 3.80. The van der Waals surface area contributed by atoms with Crippen LogP contribution in [-0.4, -0.2) is 47.8 Å². The van der Waals surface area contributed by atoms with Crippen molar-refractivity contribution in [3.63, 3.8) is 0 Å². The first-order valence-corrected chi connectivity index (χ1v) is 7.89. The van der Waals surface area contributed by atoms with Crippen molar-refractivity contribution < 1.29 is 14.6 Å². The number of hydrogen-bond acceptors (Lipinski definition) is 4. The molecule has 2 unspecified atom stereocenters. The van der Waals surface area contributed by atoms with E-state index >= 15 is 0 Å². The van der Waals surface area contributed by atoms with E-state index < -0.39 is 0 Å². The smallest absolute Gasteiger partial charge is 0.255 e. The van der Waals surface area contributed by atoms with Crippen LogP contribution in [0, 0.1) is 6.92 Å². The maximum atomic E-state index is 12.1. The number of aryl methyl sites for hydroxylation is 1. The first kappa shape index (κ1) is 16.8. The molecular formula is C17H26N2O3. The molecule has 1 aromatic carbocycles. The molecule has 0 spiro atoms. The predicted molar refractivity (Wildman–Crippen MR) is 86.1 cm³/mol. The summed E-state index contributed by atoms with van der Waals surface area (Å²) in [6.45, 7) is 10.7. The molecule has 1 aromatic rings. The van der Waals surface area contributed by atoms with Gasteiger partial charge >= 0.3 is 0 Å². The van der Waals surface area contributed by atoms with E-state index in [1.54, 1.807) is 6.07 Å². The van der Waals surface area contributed by atoms with Gasteiger partial charge in [0, 0.05) is 31.7 Å². The molecule has 2 N–H and O–H groups in total. The van der Waals surface area contributed by atoms with Crippen LogP contribution in [0.1, 0.15) is 42.3 Å². The third-order valence-electron chi connectivity index (χ3n) is 3.80. The number of nitrogens with one attached hydrogen (secondary N) is 1. The number of benzene rings is 1. The summed E-state index contributed by atoms with van der Waals surface area (Å²) in [6.07, 6.45) is 0.358. The van der Waals surface area contributed by atoms with Gasteiger partial charge in [0.25, 0.3) is 5.91 Å². The van der Waals surface area contributed by atoms with Crippen LogP contribution in [0.25, 0.3) is 0 Å². The molecule has 1 fully saturated rings. The SMILES string of the molecule is CCNC(=O)c1cc(C)cc(CN2CC(C)OC(C)C2)c1O. The molecule has 1 aliphatic rings. The summed E-state index contributed by atoms with van der Waals surface area (Å²) in [5.74, 6) is -0.142. The van der Waals surface area contributed by atoms with Gasteiger partial charge in [-0.1, -0.05) is 6.07 Å². The molecular weight excluding hydrogens is 280 g/mol. The lowest BCUT2D eigenvalue weighted by atomic mass is 10.0. The second-order valence-corrected chi connectivity index (χ2v) is 6.13. The summed E-state index contributed by atoms with van der Waals surface area (Å²) < 4.78 is 5.73. The van der Waals surface area contributed by atoms with E-state index in [2.05, 4.69) is 24.1 Å². The molecule has 0 saturated carbocycles. The molecule has 0 bridgehead atoms. The van der Waals surface area contributed by atoms with E-state index in [1.807, 2.05) is 19.9 Å². The maximum absolute atomic E-state index is 12.1. The quantitative estimate of drug-likeness (QED) is 0.894. The third kappa shape index (κ3) is 3.99. The van der Waals surface area contributed by atoms with Gasteiger partial charge in [-0.15, -0.1) is 0 Å². The highest BCUT2D eigenvalue weighted by Gasteiger charge is 2.24. The molecule has 0 radical (unpaired) electrons. The van der Waals surface area contributed by atoms with Gasteiger partial charge in [-0.05, 0) is 39.3 Å². The van der Waals surface area contributed by atoms with Gasteiger partial charge in [-0.2, -0.15) is 0 Å². The van der Waals surface area contributed by atoms with Crippen molar-refractivity contribution >= 4 is 5.91 Å². The Labute approximate surface area is 132 Å². The van der Waals surface area contributed by atoms with Crippen LogP contribution in [0.3, 0.4) is 0 Å². The molecule has 0 aromatic heterocycles. The molecule has 5 heteroatoms. The highest BCUT2D eigenvalue weighted by Crippen LogP contribution is 2.27. The minimum Gasteiger partial charge on any atom is -0.507 e. The zero-order valence-electron chi connectivity index (χ0n) is 13.8. The first-order valence-electron chi connectivity index (χ1n) is 7.89. The molecule has 1 aliphatic heterocycles. The van der Waals surface area contributed by atoms with E-state index in [0.29, 0.717) is 18.7 Å². The Kier molecular flexibility index (Phi) is 5.42. The van der Waals surface area contributed by atoms with Gasteiger partial charge in [-0.3, -0.25) is 9.69 Å². The fraction of sp³-hybridized carbons (Fsp3) is 0.588. The molecule has 0 aliphatic carbocycles. The van der Waals surface area contributed by atoms with Gasteiger partial charge in [0.05, 0.1) is 17.8 Å². The summed E-state index contributed by atoms with van der Waals surface area (Å²) in [4.78, 5) is 14.3. The number of nitrogens with zero attached hydrogens (tertiary/aromatic N) is 1. The molecule has 2 rings (SSSR count). The number of phenols is 1. The van der Waals surface area contributed by atoms with Gasteiger partial charge in [0.1, 0.15) is 5.75 Å². The van der Waals surface area contributed by atoms with Crippen molar-refractivity contribution in [3.8, 4) is 5.75 Å². The summed E-state index contributed by atoms with van der Waals surface area (Å²) in [5, 5.41) is 13.2.